The monoisotopic (exact) mass is 445 g/mol. The minimum absolute atomic E-state index is 0.0342. The number of thioether (sulfide) groups is 1. The number of pyridine rings is 1. The molecule has 2 heterocycles. The Kier molecular flexibility index (Phi) is 6.46. The van der Waals surface area contributed by atoms with Crippen molar-refractivity contribution in [3.63, 3.8) is 0 Å². The number of hydrogen-bond acceptors (Lipinski definition) is 5. The fourth-order valence-electron chi connectivity index (χ4n) is 3.71. The number of carbonyl (C=O) groups is 1. The largest absolute Gasteiger partial charge is 0.348 e. The molecule has 0 spiro atoms. The summed E-state index contributed by atoms with van der Waals surface area (Å²) in [5.74, 6) is 0.725. The Hall–Kier alpha value is -1.90. The van der Waals surface area contributed by atoms with E-state index in [-0.39, 0.29) is 22.6 Å². The van der Waals surface area contributed by atoms with Crippen LogP contribution in [-0.2, 0) is 14.8 Å². The lowest BCUT2D eigenvalue weighted by Gasteiger charge is -2.19. The van der Waals surface area contributed by atoms with E-state index in [0.717, 1.165) is 31.2 Å². The molecule has 160 valence electrons. The molecule has 2 aromatic rings. The van der Waals surface area contributed by atoms with Crippen LogP contribution in [0.2, 0.25) is 0 Å². The summed E-state index contributed by atoms with van der Waals surface area (Å²) in [6.07, 6.45) is 5.48. The third kappa shape index (κ3) is 5.04. The maximum absolute atomic E-state index is 12.6. The van der Waals surface area contributed by atoms with E-state index in [1.165, 1.54) is 27.8 Å². The molecular weight excluding hydrogens is 418 g/mol. The highest BCUT2D eigenvalue weighted by Gasteiger charge is 2.33. The first-order valence-electron chi connectivity index (χ1n) is 10.4. The molecule has 1 aliphatic carbocycles. The molecule has 1 aromatic heterocycles. The summed E-state index contributed by atoms with van der Waals surface area (Å²) in [7, 11) is -3.46. The van der Waals surface area contributed by atoms with Gasteiger partial charge in [-0.25, -0.2) is 13.4 Å². The number of nitrogens with zero attached hydrogens (tertiary/aromatic N) is 2. The predicted octanol–water partition coefficient (Wildman–Crippen LogP) is 3.53. The molecular formula is C22H27N3O3S2. The molecule has 6 nitrogen and oxygen atoms in total. The van der Waals surface area contributed by atoms with Gasteiger partial charge < -0.3 is 5.32 Å². The summed E-state index contributed by atoms with van der Waals surface area (Å²) in [6.45, 7) is 3.20. The van der Waals surface area contributed by atoms with E-state index in [1.54, 1.807) is 12.1 Å². The van der Waals surface area contributed by atoms with E-state index in [2.05, 4.69) is 41.5 Å². The van der Waals surface area contributed by atoms with Crippen LogP contribution in [0, 0.1) is 12.8 Å². The van der Waals surface area contributed by atoms with Crippen molar-refractivity contribution in [3.05, 3.63) is 53.7 Å². The number of carbonyl (C=O) groups excluding carboxylic acids is 1. The Morgan fingerprint density at radius 1 is 1.17 bits per heavy atom. The van der Waals surface area contributed by atoms with Crippen molar-refractivity contribution >= 4 is 27.7 Å². The van der Waals surface area contributed by atoms with E-state index in [4.69, 9.17) is 0 Å². The number of amides is 1. The zero-order chi connectivity index (χ0) is 21.1. The second kappa shape index (κ2) is 9.08. The molecule has 1 amide bonds. The molecule has 1 aromatic carbocycles. The third-order valence-corrected chi connectivity index (χ3v) is 8.44. The molecule has 1 aliphatic heterocycles. The summed E-state index contributed by atoms with van der Waals surface area (Å²) < 4.78 is 26.7. The highest BCUT2D eigenvalue weighted by molar-refractivity contribution is 7.99. The SMILES string of the molecule is Cc1ccc(C(NC(=O)CSc2ccc(S(=O)(=O)N3CCCC3)cn2)C2CC2)cc1. The average Bonchev–Trinajstić information content (AvgIpc) is 3.43. The Labute approximate surface area is 182 Å². The molecule has 4 rings (SSSR count). The molecule has 8 heteroatoms. The number of nitrogens with one attached hydrogen (secondary N) is 1. The summed E-state index contributed by atoms with van der Waals surface area (Å²) in [5, 5.41) is 3.81. The lowest BCUT2D eigenvalue weighted by molar-refractivity contribution is -0.119. The van der Waals surface area contributed by atoms with Gasteiger partial charge in [0.2, 0.25) is 15.9 Å². The molecule has 1 unspecified atom stereocenters. The van der Waals surface area contributed by atoms with E-state index in [1.807, 2.05) is 0 Å². The number of benzene rings is 1. The number of hydrogen-bond donors (Lipinski definition) is 1. The number of aromatic nitrogens is 1. The van der Waals surface area contributed by atoms with Crippen LogP contribution in [0.1, 0.15) is 42.9 Å². The number of aryl methyl sites for hydroxylation is 1. The zero-order valence-corrected chi connectivity index (χ0v) is 18.7. The van der Waals surface area contributed by atoms with Crippen molar-refractivity contribution in [2.45, 2.75) is 48.6 Å². The minimum atomic E-state index is -3.46. The van der Waals surface area contributed by atoms with Crippen LogP contribution in [0.3, 0.4) is 0 Å². The Bertz CT molecular complexity index is 981. The van der Waals surface area contributed by atoms with Gasteiger partial charge >= 0.3 is 0 Å². The van der Waals surface area contributed by atoms with Crippen LogP contribution < -0.4 is 5.32 Å². The normalized spacial score (nSPS) is 18.3. The quantitative estimate of drug-likeness (QED) is 0.629. The van der Waals surface area contributed by atoms with Crippen molar-refractivity contribution in [3.8, 4) is 0 Å². The second-order valence-corrected chi connectivity index (χ2v) is 11.0. The summed E-state index contributed by atoms with van der Waals surface area (Å²) >= 11 is 1.32. The molecule has 2 fully saturated rings. The summed E-state index contributed by atoms with van der Waals surface area (Å²) in [4.78, 5) is 17.0. The van der Waals surface area contributed by atoms with Crippen molar-refractivity contribution in [2.75, 3.05) is 18.8 Å². The first-order chi connectivity index (χ1) is 14.4. The van der Waals surface area contributed by atoms with Crippen LogP contribution >= 0.6 is 11.8 Å². The van der Waals surface area contributed by atoms with Crippen molar-refractivity contribution in [1.82, 2.24) is 14.6 Å². The van der Waals surface area contributed by atoms with Crippen LogP contribution in [0.4, 0.5) is 0 Å². The maximum atomic E-state index is 12.6. The number of sulfonamides is 1. The lowest BCUT2D eigenvalue weighted by Crippen LogP contribution is -2.31. The molecule has 1 atom stereocenters. The molecule has 30 heavy (non-hydrogen) atoms. The highest BCUT2D eigenvalue weighted by atomic mass is 32.2. The lowest BCUT2D eigenvalue weighted by atomic mass is 10.0. The molecule has 1 saturated carbocycles. The topological polar surface area (TPSA) is 79.4 Å². The van der Waals surface area contributed by atoms with Gasteiger partial charge in [0.15, 0.2) is 0 Å². The van der Waals surface area contributed by atoms with Gasteiger partial charge in [-0.3, -0.25) is 4.79 Å². The predicted molar refractivity (Wildman–Crippen MR) is 118 cm³/mol. The molecule has 1 N–H and O–H groups in total. The third-order valence-electron chi connectivity index (χ3n) is 5.61. The van der Waals surface area contributed by atoms with Crippen molar-refractivity contribution in [1.29, 1.82) is 0 Å². The van der Waals surface area contributed by atoms with E-state index < -0.39 is 10.0 Å². The van der Waals surface area contributed by atoms with E-state index in [9.17, 15) is 13.2 Å². The van der Waals surface area contributed by atoms with Crippen LogP contribution in [0.15, 0.2) is 52.5 Å². The highest BCUT2D eigenvalue weighted by Crippen LogP contribution is 2.41. The standard InChI is InChI=1S/C22H27N3O3S2/c1-16-4-6-17(7-5-16)22(18-8-9-18)24-20(26)15-29-21-11-10-19(14-23-21)30(27,28)25-12-2-3-13-25/h4-7,10-11,14,18,22H,2-3,8-9,12-13,15H2,1H3,(H,24,26). The number of rotatable bonds is 8. The van der Waals surface area contributed by atoms with Crippen LogP contribution in [0.25, 0.3) is 0 Å². The minimum Gasteiger partial charge on any atom is -0.348 e. The van der Waals surface area contributed by atoms with Crippen molar-refractivity contribution < 1.29 is 13.2 Å². The van der Waals surface area contributed by atoms with Gasteiger partial charge in [-0.1, -0.05) is 41.6 Å². The second-order valence-electron chi connectivity index (χ2n) is 8.03. The van der Waals surface area contributed by atoms with Gasteiger partial charge in [0.25, 0.3) is 0 Å². The van der Waals surface area contributed by atoms with E-state index in [0.29, 0.717) is 24.0 Å². The summed E-state index contributed by atoms with van der Waals surface area (Å²) in [6, 6.07) is 11.7. The van der Waals surface area contributed by atoms with E-state index >= 15 is 0 Å². The smallest absolute Gasteiger partial charge is 0.244 e. The van der Waals surface area contributed by atoms with Crippen molar-refractivity contribution in [2.24, 2.45) is 5.92 Å². The average molecular weight is 446 g/mol. The van der Waals surface area contributed by atoms with Crippen LogP contribution in [-0.4, -0.2) is 42.5 Å². The fourth-order valence-corrected chi connectivity index (χ4v) is 5.83. The van der Waals surface area contributed by atoms with Gasteiger partial charge in [-0.05, 0) is 56.2 Å². The summed E-state index contributed by atoms with van der Waals surface area (Å²) in [5.41, 5.74) is 2.35. The molecule has 1 saturated heterocycles. The Morgan fingerprint density at radius 2 is 1.87 bits per heavy atom. The Morgan fingerprint density at radius 3 is 2.47 bits per heavy atom. The molecule has 0 bridgehead atoms. The van der Waals surface area contributed by atoms with Gasteiger partial charge in [-0.2, -0.15) is 4.31 Å². The van der Waals surface area contributed by atoms with Gasteiger partial charge in [0, 0.05) is 19.3 Å². The van der Waals surface area contributed by atoms with Gasteiger partial charge in [0.1, 0.15) is 4.90 Å². The van der Waals surface area contributed by atoms with Gasteiger partial charge in [0.05, 0.1) is 16.8 Å². The fraction of sp³-hybridized carbons (Fsp3) is 0.455. The van der Waals surface area contributed by atoms with Gasteiger partial charge in [-0.15, -0.1) is 0 Å². The maximum Gasteiger partial charge on any atom is 0.244 e. The first-order valence-corrected chi connectivity index (χ1v) is 12.8. The first kappa shape index (κ1) is 21.3. The van der Waals surface area contributed by atoms with Crippen LogP contribution in [0.5, 0.6) is 0 Å². The molecule has 0 radical (unpaired) electrons. The molecule has 2 aliphatic rings. The Balaban J connectivity index is 1.33. The zero-order valence-electron chi connectivity index (χ0n) is 17.1.